The Morgan fingerprint density at radius 2 is 1.69 bits per heavy atom. The number of hydrogen-bond acceptors (Lipinski definition) is 6. The standard InChI is InChI=1S/C14H22F6O5S/c1-3-5-6-9(4-2)8-23-11(21)7-10(26-25-24-22)12(13(15,16)17)14(18,19)20/h9-10,12,22H,3-8H2,1-2H3. The molecule has 1 N–H and O–H groups in total. The summed E-state index contributed by atoms with van der Waals surface area (Å²) in [4.78, 5) is 11.7. The monoisotopic (exact) mass is 416 g/mol. The number of halogens is 6. The van der Waals surface area contributed by atoms with Crippen LogP contribution in [0.4, 0.5) is 26.3 Å². The molecule has 26 heavy (non-hydrogen) atoms. The van der Waals surface area contributed by atoms with E-state index in [-0.39, 0.29) is 12.5 Å². The van der Waals surface area contributed by atoms with Gasteiger partial charge in [-0.2, -0.15) is 26.3 Å². The zero-order valence-corrected chi connectivity index (χ0v) is 15.0. The van der Waals surface area contributed by atoms with Gasteiger partial charge in [0.2, 0.25) is 0 Å². The quantitative estimate of drug-likeness (QED) is 0.153. The highest BCUT2D eigenvalue weighted by Gasteiger charge is 2.61. The minimum Gasteiger partial charge on any atom is -0.465 e. The van der Waals surface area contributed by atoms with Crippen molar-refractivity contribution in [3.63, 3.8) is 0 Å². The van der Waals surface area contributed by atoms with Crippen LogP contribution in [0.25, 0.3) is 0 Å². The normalized spacial score (nSPS) is 15.2. The highest BCUT2D eigenvalue weighted by atomic mass is 32.2. The zero-order valence-electron chi connectivity index (χ0n) is 14.2. The number of esters is 1. The Hall–Kier alpha value is -0.720. The smallest absolute Gasteiger partial charge is 0.401 e. The molecule has 0 bridgehead atoms. The lowest BCUT2D eigenvalue weighted by molar-refractivity contribution is -0.432. The first-order valence-corrected chi connectivity index (χ1v) is 8.70. The van der Waals surface area contributed by atoms with Gasteiger partial charge in [0.25, 0.3) is 0 Å². The third kappa shape index (κ3) is 9.83. The van der Waals surface area contributed by atoms with Gasteiger partial charge in [-0.3, -0.25) is 4.79 Å². The Morgan fingerprint density at radius 3 is 2.12 bits per heavy atom. The SMILES string of the molecule is CCCCC(CC)COC(=O)CC(SOOO)C(C(F)(F)F)C(F)(F)F. The Labute approximate surface area is 151 Å². The molecule has 0 radical (unpaired) electrons. The first-order chi connectivity index (χ1) is 12.0. The van der Waals surface area contributed by atoms with E-state index in [0.29, 0.717) is 6.42 Å². The summed E-state index contributed by atoms with van der Waals surface area (Å²) >= 11 is -0.447. The molecule has 0 saturated carbocycles. The molecule has 12 heteroatoms. The molecule has 2 atom stereocenters. The zero-order chi connectivity index (χ0) is 20.4. The van der Waals surface area contributed by atoms with Gasteiger partial charge in [0.05, 0.1) is 18.3 Å². The van der Waals surface area contributed by atoms with Gasteiger partial charge in [-0.15, -0.1) is 4.33 Å². The van der Waals surface area contributed by atoms with Crippen molar-refractivity contribution >= 4 is 18.0 Å². The van der Waals surface area contributed by atoms with Gasteiger partial charge >= 0.3 is 18.3 Å². The Balaban J connectivity index is 5.00. The van der Waals surface area contributed by atoms with Gasteiger partial charge in [0, 0.05) is 12.0 Å². The van der Waals surface area contributed by atoms with E-state index >= 15 is 0 Å². The molecule has 0 aromatic rings. The fourth-order valence-electron chi connectivity index (χ4n) is 2.21. The van der Waals surface area contributed by atoms with Crippen molar-refractivity contribution in [1.82, 2.24) is 0 Å². The van der Waals surface area contributed by atoms with Crippen molar-refractivity contribution in [3.8, 4) is 0 Å². The summed E-state index contributed by atoms with van der Waals surface area (Å²) in [6, 6.07) is 0. The van der Waals surface area contributed by atoms with Gasteiger partial charge < -0.3 is 4.74 Å². The predicted molar refractivity (Wildman–Crippen MR) is 80.7 cm³/mol. The summed E-state index contributed by atoms with van der Waals surface area (Å²) in [6.45, 7) is 3.70. The average Bonchev–Trinajstić information content (AvgIpc) is 2.50. The second-order valence-electron chi connectivity index (χ2n) is 5.64. The maximum atomic E-state index is 12.8. The molecule has 0 saturated heterocycles. The van der Waals surface area contributed by atoms with Gasteiger partial charge in [0.15, 0.2) is 5.92 Å². The fraction of sp³-hybridized carbons (Fsp3) is 0.929. The number of unbranched alkanes of at least 4 members (excludes halogenated alkanes) is 1. The van der Waals surface area contributed by atoms with Crippen molar-refractivity contribution in [1.29, 1.82) is 0 Å². The predicted octanol–water partition coefficient (Wildman–Crippen LogP) is 5.31. The van der Waals surface area contributed by atoms with Crippen LogP contribution < -0.4 is 0 Å². The summed E-state index contributed by atoms with van der Waals surface area (Å²) in [5.41, 5.74) is 0. The maximum absolute atomic E-state index is 12.8. The summed E-state index contributed by atoms with van der Waals surface area (Å²) in [5.74, 6) is -5.11. The third-order valence-electron chi connectivity index (χ3n) is 3.66. The first kappa shape index (κ1) is 25.3. The minimum atomic E-state index is -5.68. The molecule has 0 fully saturated rings. The average molecular weight is 416 g/mol. The van der Waals surface area contributed by atoms with E-state index in [9.17, 15) is 31.1 Å². The van der Waals surface area contributed by atoms with Crippen molar-refractivity contribution in [3.05, 3.63) is 0 Å². The highest BCUT2D eigenvalue weighted by Crippen LogP contribution is 2.46. The van der Waals surface area contributed by atoms with Crippen LogP contribution in [-0.4, -0.2) is 35.4 Å². The highest BCUT2D eigenvalue weighted by molar-refractivity contribution is 7.95. The largest absolute Gasteiger partial charge is 0.465 e. The van der Waals surface area contributed by atoms with Crippen molar-refractivity contribution in [2.24, 2.45) is 11.8 Å². The topological polar surface area (TPSA) is 65.0 Å². The van der Waals surface area contributed by atoms with Crippen LogP contribution in [0.1, 0.15) is 46.0 Å². The molecule has 0 rings (SSSR count). The molecule has 0 amide bonds. The van der Waals surface area contributed by atoms with Gasteiger partial charge in [-0.05, 0) is 12.3 Å². The van der Waals surface area contributed by atoms with Crippen LogP contribution in [0.2, 0.25) is 0 Å². The second-order valence-corrected chi connectivity index (χ2v) is 6.58. The molecule has 0 aliphatic rings. The number of alkyl halides is 6. The van der Waals surface area contributed by atoms with Crippen LogP contribution in [0.5, 0.6) is 0 Å². The van der Waals surface area contributed by atoms with E-state index in [1.165, 1.54) is 0 Å². The van der Waals surface area contributed by atoms with Crippen molar-refractivity contribution < 1.29 is 50.5 Å². The first-order valence-electron chi connectivity index (χ1n) is 7.89. The lowest BCUT2D eigenvalue weighted by Gasteiger charge is -2.28. The molecule has 0 aromatic carbocycles. The molecular formula is C14H22F6O5S. The Bertz CT molecular complexity index is 390. The van der Waals surface area contributed by atoms with Crippen LogP contribution >= 0.6 is 12.0 Å². The van der Waals surface area contributed by atoms with Crippen LogP contribution in [0.15, 0.2) is 0 Å². The molecular weight excluding hydrogens is 394 g/mol. The fourth-order valence-corrected chi connectivity index (χ4v) is 2.97. The molecule has 0 aromatic heterocycles. The van der Waals surface area contributed by atoms with Crippen molar-refractivity contribution in [2.75, 3.05) is 6.61 Å². The van der Waals surface area contributed by atoms with E-state index < -0.39 is 48.0 Å². The van der Waals surface area contributed by atoms with Crippen LogP contribution in [0.3, 0.4) is 0 Å². The molecule has 0 aliphatic heterocycles. The van der Waals surface area contributed by atoms with E-state index in [0.717, 1.165) is 19.3 Å². The molecule has 5 nitrogen and oxygen atoms in total. The number of rotatable bonds is 12. The lowest BCUT2D eigenvalue weighted by Crippen LogP contribution is -2.44. The molecule has 156 valence electrons. The summed E-state index contributed by atoms with van der Waals surface area (Å²) in [7, 11) is 0. The van der Waals surface area contributed by atoms with Crippen LogP contribution in [-0.2, 0) is 18.9 Å². The van der Waals surface area contributed by atoms with Crippen LogP contribution in [0, 0.1) is 11.8 Å². The van der Waals surface area contributed by atoms with E-state index in [1.807, 2.05) is 13.8 Å². The summed E-state index contributed by atoms with van der Waals surface area (Å²) in [5, 5.41) is 8.63. The minimum absolute atomic E-state index is 0.0249. The van der Waals surface area contributed by atoms with Gasteiger partial charge in [-0.25, -0.2) is 5.26 Å². The van der Waals surface area contributed by atoms with E-state index in [1.54, 1.807) is 0 Å². The number of hydrogen-bond donors (Lipinski definition) is 1. The molecule has 0 aliphatic carbocycles. The number of carbonyl (C=O) groups is 1. The third-order valence-corrected chi connectivity index (χ3v) is 4.49. The second kappa shape index (κ2) is 11.9. The van der Waals surface area contributed by atoms with Gasteiger partial charge in [0.1, 0.15) is 0 Å². The van der Waals surface area contributed by atoms with Crippen molar-refractivity contribution in [2.45, 2.75) is 63.6 Å². The molecule has 0 heterocycles. The van der Waals surface area contributed by atoms with E-state index in [2.05, 4.69) is 9.37 Å². The molecule has 0 spiro atoms. The van der Waals surface area contributed by atoms with Gasteiger partial charge in [-0.1, -0.05) is 38.1 Å². The summed E-state index contributed by atoms with van der Waals surface area (Å²) in [6.07, 6.45) is -9.43. The maximum Gasteiger partial charge on any atom is 0.401 e. The Morgan fingerprint density at radius 1 is 1.12 bits per heavy atom. The number of carbonyl (C=O) groups excluding carboxylic acids is 1. The summed E-state index contributed by atoms with van der Waals surface area (Å²) < 4.78 is 85.4. The molecule has 2 unspecified atom stereocenters. The number of ether oxygens (including phenoxy) is 1. The lowest BCUT2D eigenvalue weighted by atomic mass is 10.00. The van der Waals surface area contributed by atoms with E-state index in [4.69, 9.17) is 9.99 Å². The Kier molecular flexibility index (Phi) is 11.6.